The van der Waals surface area contributed by atoms with Crippen molar-refractivity contribution in [1.82, 2.24) is 5.01 Å². The molecule has 0 saturated carbocycles. The van der Waals surface area contributed by atoms with Crippen LogP contribution in [0.5, 0.6) is 5.75 Å². The zero-order valence-electron chi connectivity index (χ0n) is 9.37. The molecule has 0 fully saturated rings. The highest BCUT2D eigenvalue weighted by atomic mass is 79.9. The molecule has 0 aliphatic rings. The first-order chi connectivity index (χ1) is 7.54. The number of hydrogen-bond donors (Lipinski definition) is 1. The van der Waals surface area contributed by atoms with Gasteiger partial charge in [-0.1, -0.05) is 6.07 Å². The molecule has 0 bridgehead atoms. The lowest BCUT2D eigenvalue weighted by molar-refractivity contribution is -0.130. The van der Waals surface area contributed by atoms with Gasteiger partial charge in [0.1, 0.15) is 5.75 Å². The van der Waals surface area contributed by atoms with Crippen LogP contribution in [0.2, 0.25) is 0 Å². The fraction of sp³-hybridized carbons (Fsp3) is 0.364. The van der Waals surface area contributed by atoms with Crippen molar-refractivity contribution in [3.8, 4) is 5.75 Å². The van der Waals surface area contributed by atoms with E-state index in [0.29, 0.717) is 12.8 Å². The quantitative estimate of drug-likeness (QED) is 0.521. The number of nitrogens with zero attached hydrogens (tertiary/aromatic N) is 1. The molecule has 1 amide bonds. The van der Waals surface area contributed by atoms with Crippen LogP contribution in [0.3, 0.4) is 0 Å². The fourth-order valence-electron chi connectivity index (χ4n) is 1.29. The Balaban J connectivity index is 2.62. The molecule has 1 aromatic carbocycles. The van der Waals surface area contributed by atoms with Gasteiger partial charge in [0.25, 0.3) is 0 Å². The molecule has 0 aliphatic heterocycles. The van der Waals surface area contributed by atoms with Crippen LogP contribution in [0.4, 0.5) is 0 Å². The van der Waals surface area contributed by atoms with E-state index in [9.17, 15) is 4.79 Å². The molecule has 0 radical (unpaired) electrons. The number of ether oxygens (including phenoxy) is 1. The third-order valence-electron chi connectivity index (χ3n) is 2.24. The Morgan fingerprint density at radius 1 is 1.56 bits per heavy atom. The minimum Gasteiger partial charge on any atom is -0.496 e. The number of aryl methyl sites for hydroxylation is 1. The van der Waals surface area contributed by atoms with Gasteiger partial charge in [-0.25, -0.2) is 5.84 Å². The minimum atomic E-state index is -0.0769. The zero-order chi connectivity index (χ0) is 12.1. The summed E-state index contributed by atoms with van der Waals surface area (Å²) in [7, 11) is 3.17. The monoisotopic (exact) mass is 286 g/mol. The second kappa shape index (κ2) is 5.86. The van der Waals surface area contributed by atoms with Gasteiger partial charge < -0.3 is 4.74 Å². The summed E-state index contributed by atoms with van der Waals surface area (Å²) in [5.74, 6) is 6.04. The Morgan fingerprint density at radius 3 is 2.75 bits per heavy atom. The maximum absolute atomic E-state index is 11.3. The Labute approximate surface area is 103 Å². The number of halogens is 1. The molecule has 0 aromatic heterocycles. The predicted molar refractivity (Wildman–Crippen MR) is 66.0 cm³/mol. The second-order valence-electron chi connectivity index (χ2n) is 3.47. The van der Waals surface area contributed by atoms with Crippen molar-refractivity contribution in [2.24, 2.45) is 5.84 Å². The summed E-state index contributed by atoms with van der Waals surface area (Å²) in [6.45, 7) is 0. The molecule has 1 aromatic rings. The third-order valence-corrected chi connectivity index (χ3v) is 2.86. The van der Waals surface area contributed by atoms with Crippen molar-refractivity contribution in [2.45, 2.75) is 12.8 Å². The summed E-state index contributed by atoms with van der Waals surface area (Å²) >= 11 is 3.40. The number of amides is 1. The van der Waals surface area contributed by atoms with Gasteiger partial charge in [-0.05, 0) is 40.0 Å². The first-order valence-corrected chi connectivity index (χ1v) is 5.67. The van der Waals surface area contributed by atoms with Crippen LogP contribution in [-0.4, -0.2) is 25.1 Å². The molecule has 0 unspecified atom stereocenters. The molecule has 0 heterocycles. The molecule has 0 saturated heterocycles. The molecular weight excluding hydrogens is 272 g/mol. The van der Waals surface area contributed by atoms with E-state index in [0.717, 1.165) is 20.8 Å². The van der Waals surface area contributed by atoms with Crippen molar-refractivity contribution in [3.63, 3.8) is 0 Å². The number of hydrogen-bond acceptors (Lipinski definition) is 3. The number of benzene rings is 1. The summed E-state index contributed by atoms with van der Waals surface area (Å²) < 4.78 is 6.01. The second-order valence-corrected chi connectivity index (χ2v) is 4.33. The summed E-state index contributed by atoms with van der Waals surface area (Å²) in [4.78, 5) is 11.3. The average molecular weight is 287 g/mol. The molecule has 16 heavy (non-hydrogen) atoms. The average Bonchev–Trinajstić information content (AvgIpc) is 2.25. The standard InChI is InChI=1S/C11H15BrN2O2/c1-14(13)11(15)6-4-8-3-5-10(16-2)9(12)7-8/h3,5,7H,4,6,13H2,1-2H3. The molecule has 2 N–H and O–H groups in total. The van der Waals surface area contributed by atoms with Crippen molar-refractivity contribution in [2.75, 3.05) is 14.2 Å². The fourth-order valence-corrected chi connectivity index (χ4v) is 1.88. The van der Waals surface area contributed by atoms with Gasteiger partial charge >= 0.3 is 0 Å². The first kappa shape index (κ1) is 13.0. The van der Waals surface area contributed by atoms with Crippen LogP contribution in [-0.2, 0) is 11.2 Å². The number of hydrazine groups is 1. The number of carbonyl (C=O) groups is 1. The number of nitrogens with two attached hydrogens (primary N) is 1. The number of carbonyl (C=O) groups excluding carboxylic acids is 1. The number of methoxy groups -OCH3 is 1. The van der Waals surface area contributed by atoms with Gasteiger partial charge in [0.15, 0.2) is 0 Å². The summed E-state index contributed by atoms with van der Waals surface area (Å²) in [5.41, 5.74) is 1.07. The normalized spacial score (nSPS) is 10.0. The van der Waals surface area contributed by atoms with Crippen LogP contribution in [0.1, 0.15) is 12.0 Å². The smallest absolute Gasteiger partial charge is 0.236 e. The Kier molecular flexibility index (Phi) is 4.76. The molecule has 0 spiro atoms. The zero-order valence-corrected chi connectivity index (χ0v) is 11.0. The van der Waals surface area contributed by atoms with E-state index in [1.165, 1.54) is 0 Å². The lowest BCUT2D eigenvalue weighted by Crippen LogP contribution is -2.33. The molecule has 0 atom stereocenters. The van der Waals surface area contributed by atoms with E-state index < -0.39 is 0 Å². The lowest BCUT2D eigenvalue weighted by atomic mass is 10.1. The molecule has 4 nitrogen and oxygen atoms in total. The Hall–Kier alpha value is -1.07. The topological polar surface area (TPSA) is 55.6 Å². The summed E-state index contributed by atoms with van der Waals surface area (Å²) in [5, 5.41) is 1.11. The highest BCUT2D eigenvalue weighted by Crippen LogP contribution is 2.25. The maximum Gasteiger partial charge on any atom is 0.236 e. The Morgan fingerprint density at radius 2 is 2.25 bits per heavy atom. The van der Waals surface area contributed by atoms with E-state index in [1.807, 2.05) is 18.2 Å². The third kappa shape index (κ3) is 3.50. The molecule has 88 valence electrons. The molecule has 0 aliphatic carbocycles. The van der Waals surface area contributed by atoms with Gasteiger partial charge in [0.2, 0.25) is 5.91 Å². The Bertz CT molecular complexity index is 380. The largest absolute Gasteiger partial charge is 0.496 e. The van der Waals surface area contributed by atoms with Crippen LogP contribution >= 0.6 is 15.9 Å². The summed E-state index contributed by atoms with van der Waals surface area (Å²) in [6, 6.07) is 5.76. The molecule has 1 rings (SSSR count). The minimum absolute atomic E-state index is 0.0769. The van der Waals surface area contributed by atoms with E-state index in [4.69, 9.17) is 10.6 Å². The van der Waals surface area contributed by atoms with Crippen molar-refractivity contribution in [3.05, 3.63) is 28.2 Å². The van der Waals surface area contributed by atoms with Crippen LogP contribution < -0.4 is 10.6 Å². The van der Waals surface area contributed by atoms with Crippen LogP contribution in [0.25, 0.3) is 0 Å². The highest BCUT2D eigenvalue weighted by Gasteiger charge is 2.06. The van der Waals surface area contributed by atoms with Gasteiger partial charge in [0.05, 0.1) is 11.6 Å². The van der Waals surface area contributed by atoms with Gasteiger partial charge in [-0.3, -0.25) is 9.80 Å². The maximum atomic E-state index is 11.3. The summed E-state index contributed by atoms with van der Waals surface area (Å²) in [6.07, 6.45) is 1.08. The van der Waals surface area contributed by atoms with E-state index in [1.54, 1.807) is 14.2 Å². The van der Waals surface area contributed by atoms with Crippen molar-refractivity contribution >= 4 is 21.8 Å². The SMILES string of the molecule is COc1ccc(CCC(=O)N(C)N)cc1Br. The van der Waals surface area contributed by atoms with Gasteiger partial charge in [-0.15, -0.1) is 0 Å². The van der Waals surface area contributed by atoms with Gasteiger partial charge in [0, 0.05) is 13.5 Å². The first-order valence-electron chi connectivity index (χ1n) is 4.88. The van der Waals surface area contributed by atoms with E-state index in [-0.39, 0.29) is 5.91 Å². The lowest BCUT2D eigenvalue weighted by Gasteiger charge is -2.10. The van der Waals surface area contributed by atoms with Crippen LogP contribution in [0, 0.1) is 0 Å². The molecule has 5 heteroatoms. The predicted octanol–water partition coefficient (Wildman–Crippen LogP) is 1.72. The highest BCUT2D eigenvalue weighted by molar-refractivity contribution is 9.10. The number of rotatable bonds is 4. The molecular formula is C11H15BrN2O2. The van der Waals surface area contributed by atoms with Gasteiger partial charge in [-0.2, -0.15) is 0 Å². The van der Waals surface area contributed by atoms with E-state index in [2.05, 4.69) is 15.9 Å². The van der Waals surface area contributed by atoms with E-state index >= 15 is 0 Å². The van der Waals surface area contributed by atoms with Crippen molar-refractivity contribution in [1.29, 1.82) is 0 Å². The van der Waals surface area contributed by atoms with Crippen LogP contribution in [0.15, 0.2) is 22.7 Å². The van der Waals surface area contributed by atoms with Crippen molar-refractivity contribution < 1.29 is 9.53 Å².